The van der Waals surface area contributed by atoms with E-state index in [0.29, 0.717) is 17.9 Å². The van der Waals surface area contributed by atoms with Crippen LogP contribution in [0.4, 0.5) is 5.69 Å². The Morgan fingerprint density at radius 2 is 1.96 bits per heavy atom. The molecule has 1 atom stereocenters. The maximum atomic E-state index is 12.4. The Morgan fingerprint density at radius 1 is 1.15 bits per heavy atom. The number of hydrogen-bond acceptors (Lipinski definition) is 4. The molecule has 6 heteroatoms. The van der Waals surface area contributed by atoms with Gasteiger partial charge in [-0.15, -0.1) is 0 Å². The summed E-state index contributed by atoms with van der Waals surface area (Å²) in [5.74, 6) is 0.570. The lowest BCUT2D eigenvalue weighted by Crippen LogP contribution is -2.15. The average molecular weight is 349 g/mol. The topological polar surface area (TPSA) is 65.4 Å². The molecule has 0 bridgehead atoms. The van der Waals surface area contributed by atoms with Crippen LogP contribution in [0.3, 0.4) is 0 Å². The number of hydrogen-bond donors (Lipinski definition) is 1. The first-order valence-corrected chi connectivity index (χ1v) is 8.54. The van der Waals surface area contributed by atoms with Crippen molar-refractivity contribution in [3.05, 3.63) is 72.6 Å². The van der Waals surface area contributed by atoms with E-state index in [9.17, 15) is 4.79 Å². The van der Waals surface area contributed by atoms with E-state index < -0.39 is 0 Å². The molecule has 1 N–H and O–H groups in total. The van der Waals surface area contributed by atoms with Gasteiger partial charge in [0, 0.05) is 18.3 Å². The highest BCUT2D eigenvalue weighted by Gasteiger charge is 2.17. The number of nitrogens with one attached hydrogen (secondary N) is 1. The van der Waals surface area contributed by atoms with Crippen LogP contribution in [0.5, 0.6) is 5.75 Å². The summed E-state index contributed by atoms with van der Waals surface area (Å²) in [6.45, 7) is 1.37. The maximum Gasteiger partial charge on any atom is 0.258 e. The summed E-state index contributed by atoms with van der Waals surface area (Å²) in [4.78, 5) is 12.4. The van der Waals surface area contributed by atoms with E-state index in [-0.39, 0.29) is 12.0 Å². The first-order chi connectivity index (χ1) is 12.8. The first kappa shape index (κ1) is 16.4. The largest absolute Gasteiger partial charge is 0.488 e. The third-order valence-electron chi connectivity index (χ3n) is 4.17. The predicted molar refractivity (Wildman–Crippen MR) is 97.8 cm³/mol. The summed E-state index contributed by atoms with van der Waals surface area (Å²) >= 11 is 0. The Balaban J connectivity index is 1.39. The van der Waals surface area contributed by atoms with Crippen LogP contribution in [0, 0.1) is 0 Å². The lowest BCUT2D eigenvalue weighted by molar-refractivity contribution is 0.102. The van der Waals surface area contributed by atoms with Gasteiger partial charge in [-0.05, 0) is 36.4 Å². The summed E-state index contributed by atoms with van der Waals surface area (Å²) in [6.07, 6.45) is 4.28. The number of benzene rings is 2. The second kappa shape index (κ2) is 7.41. The van der Waals surface area contributed by atoms with Crippen LogP contribution in [0.15, 0.2) is 67.0 Å². The predicted octanol–water partition coefficient (Wildman–Crippen LogP) is 3.29. The number of anilines is 1. The molecular formula is C20H19N3O3. The van der Waals surface area contributed by atoms with E-state index in [1.165, 1.54) is 0 Å². The molecule has 0 radical (unpaired) electrons. The van der Waals surface area contributed by atoms with Crippen molar-refractivity contribution in [3.63, 3.8) is 0 Å². The number of carbonyl (C=O) groups excluding carboxylic acids is 1. The van der Waals surface area contributed by atoms with Crippen LogP contribution >= 0.6 is 0 Å². The average Bonchev–Trinajstić information content (AvgIpc) is 3.36. The van der Waals surface area contributed by atoms with E-state index in [0.717, 1.165) is 24.5 Å². The van der Waals surface area contributed by atoms with Gasteiger partial charge in [-0.1, -0.05) is 18.2 Å². The molecule has 132 valence electrons. The van der Waals surface area contributed by atoms with Gasteiger partial charge in [0.2, 0.25) is 0 Å². The zero-order chi connectivity index (χ0) is 17.8. The molecule has 26 heavy (non-hydrogen) atoms. The van der Waals surface area contributed by atoms with Gasteiger partial charge in [0.25, 0.3) is 5.91 Å². The zero-order valence-corrected chi connectivity index (χ0v) is 14.2. The van der Waals surface area contributed by atoms with E-state index in [2.05, 4.69) is 10.4 Å². The van der Waals surface area contributed by atoms with Gasteiger partial charge in [0.05, 0.1) is 30.7 Å². The molecule has 1 aromatic heterocycles. The fourth-order valence-corrected chi connectivity index (χ4v) is 2.78. The molecule has 1 amide bonds. The minimum atomic E-state index is -0.204. The van der Waals surface area contributed by atoms with Crippen LogP contribution in [0.1, 0.15) is 16.8 Å². The minimum Gasteiger partial charge on any atom is -0.488 e. The van der Waals surface area contributed by atoms with Gasteiger partial charge in [0.1, 0.15) is 11.9 Å². The van der Waals surface area contributed by atoms with E-state index >= 15 is 0 Å². The van der Waals surface area contributed by atoms with Crippen molar-refractivity contribution in [1.82, 2.24) is 9.78 Å². The molecule has 0 saturated carbocycles. The molecule has 0 unspecified atom stereocenters. The Labute approximate surface area is 151 Å². The molecule has 1 aliphatic rings. The summed E-state index contributed by atoms with van der Waals surface area (Å²) in [5, 5.41) is 7.12. The van der Waals surface area contributed by atoms with Gasteiger partial charge < -0.3 is 14.8 Å². The fraction of sp³-hybridized carbons (Fsp3) is 0.200. The summed E-state index contributed by atoms with van der Waals surface area (Å²) in [6, 6.07) is 17.0. The Kier molecular flexibility index (Phi) is 4.66. The normalized spacial score (nSPS) is 16.4. The third-order valence-corrected chi connectivity index (χ3v) is 4.17. The standard InChI is InChI=1S/C20H19N3O3/c24-20(15-12-21-23(13-15)17-4-2-1-3-5-17)22-16-6-8-18(9-7-16)26-19-10-11-25-14-19/h1-9,12-13,19H,10-11,14H2,(H,22,24)/t19-/m0/s1. The quantitative estimate of drug-likeness (QED) is 0.768. The van der Waals surface area contributed by atoms with Crippen LogP contribution in [0.25, 0.3) is 5.69 Å². The second-order valence-electron chi connectivity index (χ2n) is 6.09. The zero-order valence-electron chi connectivity index (χ0n) is 14.2. The SMILES string of the molecule is O=C(Nc1ccc(O[C@H]2CCOC2)cc1)c1cnn(-c2ccccc2)c1. The minimum absolute atomic E-state index is 0.110. The molecule has 1 saturated heterocycles. The van der Waals surface area contributed by atoms with Crippen molar-refractivity contribution in [2.75, 3.05) is 18.5 Å². The molecule has 1 aliphatic heterocycles. The molecule has 1 fully saturated rings. The smallest absolute Gasteiger partial charge is 0.258 e. The van der Waals surface area contributed by atoms with Gasteiger partial charge in [-0.25, -0.2) is 4.68 Å². The monoisotopic (exact) mass is 349 g/mol. The molecule has 2 aromatic carbocycles. The van der Waals surface area contributed by atoms with E-state index in [1.807, 2.05) is 54.6 Å². The second-order valence-corrected chi connectivity index (χ2v) is 6.09. The maximum absolute atomic E-state index is 12.4. The lowest BCUT2D eigenvalue weighted by Gasteiger charge is -2.12. The highest BCUT2D eigenvalue weighted by atomic mass is 16.5. The number of rotatable bonds is 5. The summed E-state index contributed by atoms with van der Waals surface area (Å²) in [5.41, 5.74) is 2.11. The van der Waals surface area contributed by atoms with Gasteiger partial charge >= 0.3 is 0 Å². The fourth-order valence-electron chi connectivity index (χ4n) is 2.78. The van der Waals surface area contributed by atoms with Crippen LogP contribution in [-0.2, 0) is 4.74 Å². The molecule has 0 spiro atoms. The van der Waals surface area contributed by atoms with E-state index in [4.69, 9.17) is 9.47 Å². The highest BCUT2D eigenvalue weighted by Crippen LogP contribution is 2.20. The number of nitrogens with zero attached hydrogens (tertiary/aromatic N) is 2. The van der Waals surface area contributed by atoms with Crippen LogP contribution < -0.4 is 10.1 Å². The number of carbonyl (C=O) groups is 1. The Bertz CT molecular complexity index is 869. The number of para-hydroxylation sites is 1. The van der Waals surface area contributed by atoms with Crippen molar-refractivity contribution >= 4 is 11.6 Å². The molecule has 2 heterocycles. The summed E-state index contributed by atoms with van der Waals surface area (Å²) < 4.78 is 12.8. The highest BCUT2D eigenvalue weighted by molar-refractivity contribution is 6.04. The van der Waals surface area contributed by atoms with E-state index in [1.54, 1.807) is 17.1 Å². The number of amides is 1. The van der Waals surface area contributed by atoms with Crippen molar-refractivity contribution in [3.8, 4) is 11.4 Å². The van der Waals surface area contributed by atoms with Gasteiger partial charge in [-0.2, -0.15) is 5.10 Å². The molecule has 6 nitrogen and oxygen atoms in total. The van der Waals surface area contributed by atoms with Crippen LogP contribution in [-0.4, -0.2) is 35.0 Å². The van der Waals surface area contributed by atoms with Crippen molar-refractivity contribution in [1.29, 1.82) is 0 Å². The molecule has 4 rings (SSSR count). The lowest BCUT2D eigenvalue weighted by atomic mass is 10.2. The Hall–Kier alpha value is -3.12. The number of aromatic nitrogens is 2. The Morgan fingerprint density at radius 3 is 2.69 bits per heavy atom. The molecule has 3 aromatic rings. The molecule has 0 aliphatic carbocycles. The molecular weight excluding hydrogens is 330 g/mol. The van der Waals surface area contributed by atoms with Crippen molar-refractivity contribution < 1.29 is 14.3 Å². The number of ether oxygens (including phenoxy) is 2. The van der Waals surface area contributed by atoms with Crippen molar-refractivity contribution in [2.45, 2.75) is 12.5 Å². The van der Waals surface area contributed by atoms with Crippen LogP contribution in [0.2, 0.25) is 0 Å². The summed E-state index contributed by atoms with van der Waals surface area (Å²) in [7, 11) is 0. The van der Waals surface area contributed by atoms with Gasteiger partial charge in [0.15, 0.2) is 0 Å². The third kappa shape index (κ3) is 3.75. The first-order valence-electron chi connectivity index (χ1n) is 8.54. The van der Waals surface area contributed by atoms with Crippen molar-refractivity contribution in [2.24, 2.45) is 0 Å². The van der Waals surface area contributed by atoms with Gasteiger partial charge in [-0.3, -0.25) is 4.79 Å².